The second kappa shape index (κ2) is 10.4. The number of nitrogens with one attached hydrogen (secondary N) is 3. The second-order valence-corrected chi connectivity index (χ2v) is 12.7. The molecule has 3 aliphatic heterocycles. The van der Waals surface area contributed by atoms with E-state index in [4.69, 9.17) is 10.1 Å². The average molecular weight is 618 g/mol. The number of benzene rings is 1. The molecule has 4 aromatic rings. The molecule has 1 amide bonds. The van der Waals surface area contributed by atoms with Gasteiger partial charge >= 0.3 is 0 Å². The van der Waals surface area contributed by atoms with E-state index in [1.165, 1.54) is 10.7 Å². The summed E-state index contributed by atoms with van der Waals surface area (Å²) < 4.78 is 44.1. The molecule has 1 saturated carbocycles. The summed E-state index contributed by atoms with van der Waals surface area (Å²) in [5, 5.41) is 13.5. The summed E-state index contributed by atoms with van der Waals surface area (Å²) in [4.78, 5) is 26.3. The maximum Gasteiger partial charge on any atom is 0.271 e. The number of piperidine rings is 1. The number of hydrogen-bond acceptors (Lipinski definition) is 8. The van der Waals surface area contributed by atoms with Crippen LogP contribution in [0, 0.1) is 5.41 Å². The predicted octanol–water partition coefficient (Wildman–Crippen LogP) is 3.80. The van der Waals surface area contributed by atoms with Crippen LogP contribution < -0.4 is 20.9 Å². The summed E-state index contributed by atoms with van der Waals surface area (Å²) in [5.41, 5.74) is 5.60. The molecule has 13 heteroatoms. The quantitative estimate of drug-likeness (QED) is 0.288. The van der Waals surface area contributed by atoms with E-state index in [1.807, 2.05) is 30.5 Å². The van der Waals surface area contributed by atoms with Gasteiger partial charge in [0.05, 0.1) is 35.6 Å². The van der Waals surface area contributed by atoms with Crippen LogP contribution >= 0.6 is 0 Å². The Kier molecular flexibility index (Phi) is 6.54. The van der Waals surface area contributed by atoms with Gasteiger partial charge in [-0.15, -0.1) is 5.10 Å². The van der Waals surface area contributed by atoms with Crippen LogP contribution in [0.4, 0.5) is 30.4 Å². The fourth-order valence-corrected chi connectivity index (χ4v) is 7.08. The minimum Gasteiger partial charge on any atom is -0.385 e. The standard InChI is InChI=1S/C32H34F3N9O/c1-36-25-12-28(41-44-27(14-39-29(25)44)30(45)40-24-11-22(24)33)43-10-7-21-20(3-2-4-26(21)43)23-6-5-19(13-38-23)15-42-17-31(18-42)8-9-37-16-32(31,34)35/h2-6,12-14,22,24,36-37H,7-11,15-18H2,1H3,(H,40,45)/t22-,24+/m0/s1. The molecule has 1 aromatic carbocycles. The topological polar surface area (TPSA) is 103 Å². The third-order valence-corrected chi connectivity index (χ3v) is 9.75. The van der Waals surface area contributed by atoms with Gasteiger partial charge in [0.2, 0.25) is 0 Å². The number of alkyl halides is 3. The minimum absolute atomic E-state index is 0.235. The van der Waals surface area contributed by atoms with Crippen LogP contribution in [0.25, 0.3) is 16.9 Å². The first-order chi connectivity index (χ1) is 21.7. The molecule has 3 aromatic heterocycles. The summed E-state index contributed by atoms with van der Waals surface area (Å²) in [6.07, 6.45) is 3.91. The molecule has 3 N–H and O–H groups in total. The molecular weight excluding hydrogens is 583 g/mol. The normalized spacial score (nSPS) is 23.2. The Morgan fingerprint density at radius 3 is 2.73 bits per heavy atom. The minimum atomic E-state index is -2.67. The summed E-state index contributed by atoms with van der Waals surface area (Å²) in [6, 6.07) is 11.6. The lowest BCUT2D eigenvalue weighted by atomic mass is 9.69. The number of hydrogen-bond donors (Lipinski definition) is 3. The van der Waals surface area contributed by atoms with Gasteiger partial charge in [0.25, 0.3) is 11.8 Å². The Hall–Kier alpha value is -4.23. The summed E-state index contributed by atoms with van der Waals surface area (Å²) in [6.45, 7) is 2.51. The van der Waals surface area contributed by atoms with Crippen molar-refractivity contribution in [3.05, 3.63) is 65.6 Å². The maximum absolute atomic E-state index is 14.6. The average Bonchev–Trinajstić information content (AvgIpc) is 3.37. The number of carbonyl (C=O) groups is 1. The lowest BCUT2D eigenvalue weighted by molar-refractivity contribution is -0.205. The molecule has 2 atom stereocenters. The Bertz CT molecular complexity index is 1790. The zero-order chi connectivity index (χ0) is 30.9. The van der Waals surface area contributed by atoms with Crippen LogP contribution in [0.5, 0.6) is 0 Å². The van der Waals surface area contributed by atoms with Gasteiger partial charge in [-0.3, -0.25) is 14.7 Å². The molecule has 2 saturated heterocycles. The largest absolute Gasteiger partial charge is 0.385 e. The van der Waals surface area contributed by atoms with Crippen molar-refractivity contribution in [2.75, 3.05) is 50.0 Å². The number of likely N-dealkylation sites (tertiary alicyclic amines) is 1. The smallest absolute Gasteiger partial charge is 0.271 e. The molecule has 8 rings (SSSR count). The van der Waals surface area contributed by atoms with E-state index >= 15 is 0 Å². The summed E-state index contributed by atoms with van der Waals surface area (Å²) >= 11 is 0. The van der Waals surface area contributed by atoms with Crippen LogP contribution in [0.3, 0.4) is 0 Å². The number of halogens is 3. The Morgan fingerprint density at radius 2 is 2.00 bits per heavy atom. The highest BCUT2D eigenvalue weighted by molar-refractivity contribution is 5.94. The molecule has 0 bridgehead atoms. The van der Waals surface area contributed by atoms with Crippen LogP contribution in [0.15, 0.2) is 48.8 Å². The van der Waals surface area contributed by atoms with E-state index < -0.39 is 29.5 Å². The molecule has 0 radical (unpaired) electrons. The van der Waals surface area contributed by atoms with Crippen molar-refractivity contribution in [2.45, 2.75) is 43.9 Å². The number of rotatable bonds is 7. The highest BCUT2D eigenvalue weighted by Gasteiger charge is 2.60. The van der Waals surface area contributed by atoms with E-state index in [1.54, 1.807) is 7.05 Å². The number of carbonyl (C=O) groups excluding carboxylic acids is 1. The molecule has 1 spiro atoms. The van der Waals surface area contributed by atoms with Crippen molar-refractivity contribution in [1.82, 2.24) is 35.1 Å². The zero-order valence-corrected chi connectivity index (χ0v) is 24.9. The fourth-order valence-electron chi connectivity index (χ4n) is 7.08. The van der Waals surface area contributed by atoms with Crippen LogP contribution in [-0.4, -0.2) is 88.3 Å². The van der Waals surface area contributed by atoms with Crippen LogP contribution in [0.1, 0.15) is 34.5 Å². The van der Waals surface area contributed by atoms with Gasteiger partial charge in [-0.25, -0.2) is 22.7 Å². The number of fused-ring (bicyclic) bond motifs is 2. The number of pyridine rings is 1. The molecule has 6 heterocycles. The number of aromatic nitrogens is 4. The zero-order valence-electron chi connectivity index (χ0n) is 24.9. The van der Waals surface area contributed by atoms with Gasteiger partial charge in [0.1, 0.15) is 6.17 Å². The van der Waals surface area contributed by atoms with Gasteiger partial charge in [-0.1, -0.05) is 18.2 Å². The molecular formula is C32H34F3N9O. The highest BCUT2D eigenvalue weighted by Crippen LogP contribution is 2.49. The Balaban J connectivity index is 1.02. The van der Waals surface area contributed by atoms with Gasteiger partial charge in [0.15, 0.2) is 17.2 Å². The lowest BCUT2D eigenvalue weighted by Crippen LogP contribution is -2.69. The number of amides is 1. The van der Waals surface area contributed by atoms with E-state index in [2.05, 4.69) is 42.9 Å². The third kappa shape index (κ3) is 4.71. The Morgan fingerprint density at radius 1 is 1.16 bits per heavy atom. The molecule has 45 heavy (non-hydrogen) atoms. The fraction of sp³-hybridized carbons (Fsp3) is 0.438. The van der Waals surface area contributed by atoms with Crippen molar-refractivity contribution < 1.29 is 18.0 Å². The SMILES string of the molecule is CNc1cc(N2CCc3c(-c4ccc(CN5CC6(CCNCC6(F)F)C5)cn4)cccc32)nn2c(C(=O)N[C@@H]3C[C@@H]3F)cnc12. The van der Waals surface area contributed by atoms with Crippen molar-refractivity contribution in [2.24, 2.45) is 5.41 Å². The van der Waals surface area contributed by atoms with Crippen molar-refractivity contribution in [3.8, 4) is 11.3 Å². The van der Waals surface area contributed by atoms with E-state index in [0.29, 0.717) is 62.7 Å². The van der Waals surface area contributed by atoms with Crippen LogP contribution in [-0.2, 0) is 13.0 Å². The summed E-state index contributed by atoms with van der Waals surface area (Å²) in [5.74, 6) is -2.43. The molecule has 10 nitrogen and oxygen atoms in total. The van der Waals surface area contributed by atoms with E-state index in [9.17, 15) is 18.0 Å². The van der Waals surface area contributed by atoms with E-state index in [0.717, 1.165) is 34.5 Å². The van der Waals surface area contributed by atoms with Crippen LogP contribution in [0.2, 0.25) is 0 Å². The number of nitrogens with zero attached hydrogens (tertiary/aromatic N) is 6. The molecule has 4 aliphatic rings. The lowest BCUT2D eigenvalue weighted by Gasteiger charge is -2.56. The number of anilines is 3. The van der Waals surface area contributed by atoms with E-state index in [-0.39, 0.29) is 12.2 Å². The first-order valence-corrected chi connectivity index (χ1v) is 15.4. The molecule has 234 valence electrons. The number of imidazole rings is 1. The van der Waals surface area contributed by atoms with Crippen molar-refractivity contribution >= 4 is 28.7 Å². The maximum atomic E-state index is 14.6. The predicted molar refractivity (Wildman–Crippen MR) is 164 cm³/mol. The first-order valence-electron chi connectivity index (χ1n) is 15.4. The third-order valence-electron chi connectivity index (χ3n) is 9.75. The second-order valence-electron chi connectivity index (χ2n) is 12.7. The van der Waals surface area contributed by atoms with Crippen molar-refractivity contribution in [1.29, 1.82) is 0 Å². The highest BCUT2D eigenvalue weighted by atomic mass is 19.3. The van der Waals surface area contributed by atoms with Gasteiger partial charge in [0, 0.05) is 63.2 Å². The summed E-state index contributed by atoms with van der Waals surface area (Å²) in [7, 11) is 1.79. The van der Waals surface area contributed by atoms with Gasteiger partial charge < -0.3 is 20.9 Å². The first kappa shape index (κ1) is 28.3. The molecule has 0 unspecified atom stereocenters. The van der Waals surface area contributed by atoms with Gasteiger partial charge in [-0.2, -0.15) is 0 Å². The Labute approximate surface area is 258 Å². The van der Waals surface area contributed by atoms with Gasteiger partial charge in [-0.05, 0) is 42.6 Å². The molecule has 1 aliphatic carbocycles. The monoisotopic (exact) mass is 617 g/mol. The van der Waals surface area contributed by atoms with Crippen molar-refractivity contribution in [3.63, 3.8) is 0 Å². The molecule has 3 fully saturated rings.